The molecule has 3 rings (SSSR count). The van der Waals surface area contributed by atoms with Crippen molar-refractivity contribution in [2.45, 2.75) is 56.9 Å². The van der Waals surface area contributed by atoms with E-state index in [0.717, 1.165) is 37.3 Å². The maximum absolute atomic E-state index is 11.0. The van der Waals surface area contributed by atoms with E-state index in [-0.39, 0.29) is 5.92 Å². The highest BCUT2D eigenvalue weighted by Crippen LogP contribution is 2.34. The highest BCUT2D eigenvalue weighted by Gasteiger charge is 2.27. The number of hydrogen-bond donors (Lipinski definition) is 0. The Morgan fingerprint density at radius 2 is 2.00 bits per heavy atom. The molecule has 0 aromatic carbocycles. The Balaban J connectivity index is 1.91. The van der Waals surface area contributed by atoms with Gasteiger partial charge in [-0.05, 0) is 25.7 Å². The molecule has 2 aliphatic rings. The van der Waals surface area contributed by atoms with Gasteiger partial charge in [0.2, 0.25) is 0 Å². The summed E-state index contributed by atoms with van der Waals surface area (Å²) >= 11 is 0. The molecule has 1 fully saturated rings. The van der Waals surface area contributed by atoms with E-state index in [1.54, 1.807) is 0 Å². The lowest BCUT2D eigenvalue weighted by molar-refractivity contribution is -0.109. The van der Waals surface area contributed by atoms with Gasteiger partial charge in [-0.2, -0.15) is 5.10 Å². The number of nitrogens with zero attached hydrogens (tertiary/aromatic N) is 3. The minimum atomic E-state index is -0.0172. The number of aryl methyl sites for hydroxylation is 1. The summed E-state index contributed by atoms with van der Waals surface area (Å²) in [6, 6.07) is 0. The molecule has 1 aromatic rings. The van der Waals surface area contributed by atoms with Crippen LogP contribution in [0.3, 0.4) is 0 Å². The fraction of sp³-hybridized carbons (Fsp3) is 0.750. The van der Waals surface area contributed by atoms with Crippen LogP contribution in [0.2, 0.25) is 0 Å². The predicted molar refractivity (Wildman–Crippen MR) is 59.3 cm³/mol. The number of carbonyl (C=O) groups is 1. The third-order valence-corrected chi connectivity index (χ3v) is 3.82. The van der Waals surface area contributed by atoms with Crippen molar-refractivity contribution in [2.24, 2.45) is 0 Å². The maximum atomic E-state index is 11.0. The molecular weight excluding hydrogens is 202 g/mol. The molecule has 0 saturated heterocycles. The molecule has 0 spiro atoms. The van der Waals surface area contributed by atoms with Crippen LogP contribution in [0.25, 0.3) is 0 Å². The van der Waals surface area contributed by atoms with Crippen LogP contribution in [0.1, 0.15) is 62.0 Å². The number of aldehydes is 1. The van der Waals surface area contributed by atoms with E-state index in [2.05, 4.69) is 10.1 Å². The number of hydrogen-bond acceptors (Lipinski definition) is 3. The maximum Gasteiger partial charge on any atom is 0.154 e. The molecule has 1 unspecified atom stereocenters. The van der Waals surface area contributed by atoms with Crippen LogP contribution >= 0.6 is 0 Å². The first kappa shape index (κ1) is 10.00. The van der Waals surface area contributed by atoms with Gasteiger partial charge in [0, 0.05) is 12.5 Å². The zero-order chi connectivity index (χ0) is 11.0. The van der Waals surface area contributed by atoms with Crippen molar-refractivity contribution in [3.05, 3.63) is 11.6 Å². The Labute approximate surface area is 95.1 Å². The average Bonchev–Trinajstić information content (AvgIpc) is 2.96. The fourth-order valence-electron chi connectivity index (χ4n) is 2.89. The number of aromatic nitrogens is 3. The fourth-order valence-corrected chi connectivity index (χ4v) is 2.89. The van der Waals surface area contributed by atoms with Crippen LogP contribution < -0.4 is 0 Å². The van der Waals surface area contributed by atoms with Crippen molar-refractivity contribution < 1.29 is 4.79 Å². The average molecular weight is 219 g/mol. The molecular formula is C12H17N3O. The normalized spacial score (nSPS) is 25.6. The molecule has 1 saturated carbocycles. The summed E-state index contributed by atoms with van der Waals surface area (Å²) in [6.45, 7) is 0.930. The predicted octanol–water partition coefficient (Wildman–Crippen LogP) is 2.01. The lowest BCUT2D eigenvalue weighted by atomic mass is 10.0. The molecule has 0 bridgehead atoms. The van der Waals surface area contributed by atoms with Gasteiger partial charge in [0.25, 0.3) is 0 Å². The van der Waals surface area contributed by atoms with Gasteiger partial charge in [-0.1, -0.05) is 12.8 Å². The van der Waals surface area contributed by atoms with Crippen LogP contribution in [0, 0.1) is 0 Å². The monoisotopic (exact) mass is 219 g/mol. The van der Waals surface area contributed by atoms with Crippen molar-refractivity contribution >= 4 is 6.29 Å². The van der Waals surface area contributed by atoms with E-state index < -0.39 is 0 Å². The molecule has 4 heteroatoms. The van der Waals surface area contributed by atoms with Crippen molar-refractivity contribution in [3.8, 4) is 0 Å². The summed E-state index contributed by atoms with van der Waals surface area (Å²) in [5, 5.41) is 4.58. The van der Waals surface area contributed by atoms with Crippen LogP contribution in [0.15, 0.2) is 0 Å². The van der Waals surface area contributed by atoms with Crippen molar-refractivity contribution in [1.29, 1.82) is 0 Å². The van der Waals surface area contributed by atoms with E-state index in [1.165, 1.54) is 25.7 Å². The Morgan fingerprint density at radius 3 is 2.75 bits per heavy atom. The van der Waals surface area contributed by atoms with Gasteiger partial charge in [-0.3, -0.25) is 0 Å². The quantitative estimate of drug-likeness (QED) is 0.715. The summed E-state index contributed by atoms with van der Waals surface area (Å²) in [7, 11) is 0. The highest BCUT2D eigenvalue weighted by atomic mass is 16.1. The molecule has 16 heavy (non-hydrogen) atoms. The van der Waals surface area contributed by atoms with E-state index in [1.807, 2.05) is 4.68 Å². The highest BCUT2D eigenvalue weighted by molar-refractivity contribution is 5.60. The summed E-state index contributed by atoms with van der Waals surface area (Å²) in [5.41, 5.74) is 0. The molecule has 0 N–H and O–H groups in total. The lowest BCUT2D eigenvalue weighted by Crippen LogP contribution is -2.17. The number of rotatable bonds is 2. The van der Waals surface area contributed by atoms with Crippen LogP contribution in [0.5, 0.6) is 0 Å². The van der Waals surface area contributed by atoms with Gasteiger partial charge >= 0.3 is 0 Å². The topological polar surface area (TPSA) is 47.8 Å². The number of fused-ring (bicyclic) bond motifs is 1. The zero-order valence-electron chi connectivity index (χ0n) is 9.43. The third kappa shape index (κ3) is 1.56. The van der Waals surface area contributed by atoms with E-state index in [4.69, 9.17) is 0 Å². The SMILES string of the molecule is O=CC1CCCn2nc(C3CCCC3)nc21. The zero-order valence-corrected chi connectivity index (χ0v) is 9.43. The van der Waals surface area contributed by atoms with Crippen LogP contribution in [-0.4, -0.2) is 21.1 Å². The van der Waals surface area contributed by atoms with Crippen molar-refractivity contribution in [1.82, 2.24) is 14.8 Å². The van der Waals surface area contributed by atoms with Gasteiger partial charge < -0.3 is 4.79 Å². The van der Waals surface area contributed by atoms with Gasteiger partial charge in [0.15, 0.2) is 5.82 Å². The Bertz CT molecular complexity index is 393. The van der Waals surface area contributed by atoms with Crippen LogP contribution in [-0.2, 0) is 11.3 Å². The minimum absolute atomic E-state index is 0.0172. The Hall–Kier alpha value is -1.19. The summed E-state index contributed by atoms with van der Waals surface area (Å²) in [4.78, 5) is 15.6. The minimum Gasteiger partial charge on any atom is -0.303 e. The largest absolute Gasteiger partial charge is 0.303 e. The molecule has 86 valence electrons. The first-order valence-electron chi connectivity index (χ1n) is 6.28. The van der Waals surface area contributed by atoms with E-state index >= 15 is 0 Å². The third-order valence-electron chi connectivity index (χ3n) is 3.82. The van der Waals surface area contributed by atoms with E-state index in [0.29, 0.717) is 5.92 Å². The molecule has 1 aromatic heterocycles. The summed E-state index contributed by atoms with van der Waals surface area (Å²) in [6.07, 6.45) is 8.04. The van der Waals surface area contributed by atoms with E-state index in [9.17, 15) is 4.79 Å². The second-order valence-corrected chi connectivity index (χ2v) is 4.92. The van der Waals surface area contributed by atoms with Crippen molar-refractivity contribution in [2.75, 3.05) is 0 Å². The summed E-state index contributed by atoms with van der Waals surface area (Å²) in [5.74, 6) is 2.42. The van der Waals surface area contributed by atoms with Gasteiger partial charge in [-0.25, -0.2) is 9.67 Å². The second kappa shape index (κ2) is 4.00. The van der Waals surface area contributed by atoms with Gasteiger partial charge in [0.1, 0.15) is 12.1 Å². The molecule has 1 aliphatic carbocycles. The summed E-state index contributed by atoms with van der Waals surface area (Å²) < 4.78 is 1.95. The first-order chi connectivity index (χ1) is 7.88. The lowest BCUT2D eigenvalue weighted by Gasteiger charge is -2.16. The molecule has 1 aliphatic heterocycles. The molecule has 4 nitrogen and oxygen atoms in total. The molecule has 2 heterocycles. The Kier molecular flexibility index (Phi) is 2.50. The standard InChI is InChI=1S/C12H17N3O/c16-8-10-6-3-7-15-12(10)13-11(14-15)9-4-1-2-5-9/h8-10H,1-7H2. The Morgan fingerprint density at radius 1 is 1.19 bits per heavy atom. The second-order valence-electron chi connectivity index (χ2n) is 4.92. The molecule has 0 amide bonds. The van der Waals surface area contributed by atoms with Gasteiger partial charge in [-0.15, -0.1) is 0 Å². The number of carbonyl (C=O) groups excluding carboxylic acids is 1. The molecule has 0 radical (unpaired) electrons. The molecule has 1 atom stereocenters. The van der Waals surface area contributed by atoms with Crippen molar-refractivity contribution in [3.63, 3.8) is 0 Å². The van der Waals surface area contributed by atoms with Gasteiger partial charge in [0.05, 0.1) is 5.92 Å². The smallest absolute Gasteiger partial charge is 0.154 e. The van der Waals surface area contributed by atoms with Crippen LogP contribution in [0.4, 0.5) is 0 Å². The first-order valence-corrected chi connectivity index (χ1v) is 6.28.